The van der Waals surface area contributed by atoms with Gasteiger partial charge >= 0.3 is 0 Å². The third kappa shape index (κ3) is 1.42. The van der Waals surface area contributed by atoms with Gasteiger partial charge in [-0.25, -0.2) is 4.98 Å². The van der Waals surface area contributed by atoms with Gasteiger partial charge in [-0.2, -0.15) is 0 Å². The number of hydrogen-bond donors (Lipinski definition) is 1. The highest BCUT2D eigenvalue weighted by Crippen LogP contribution is 2.17. The first kappa shape index (κ1) is 8.62. The standard InChI is InChI=1S/C10H9N3O/c1-7-2-3-11-5-9(7)10-12-4-8(6-14)13-10/h2-6H,1H3,(H,12,13). The second-order valence-corrected chi connectivity index (χ2v) is 3.00. The number of aryl methyl sites for hydroxylation is 1. The number of aromatic amines is 1. The van der Waals surface area contributed by atoms with Crippen LogP contribution in [-0.2, 0) is 0 Å². The molecule has 0 fully saturated rings. The predicted octanol–water partition coefficient (Wildman–Crippen LogP) is 1.59. The second kappa shape index (κ2) is 3.41. The molecule has 0 saturated carbocycles. The smallest absolute Gasteiger partial charge is 0.167 e. The fourth-order valence-electron chi connectivity index (χ4n) is 1.24. The molecule has 0 saturated heterocycles. The van der Waals surface area contributed by atoms with Gasteiger partial charge in [0.1, 0.15) is 5.82 Å². The summed E-state index contributed by atoms with van der Waals surface area (Å²) in [6.07, 6.45) is 5.70. The Hall–Kier alpha value is -1.97. The molecule has 0 radical (unpaired) electrons. The summed E-state index contributed by atoms with van der Waals surface area (Å²) in [5.74, 6) is 0.678. The van der Waals surface area contributed by atoms with Crippen LogP contribution in [0.2, 0.25) is 0 Å². The molecule has 0 aliphatic heterocycles. The molecule has 0 aromatic carbocycles. The number of aromatic nitrogens is 3. The number of pyridine rings is 1. The molecular formula is C10H9N3O. The van der Waals surface area contributed by atoms with Gasteiger partial charge in [0.2, 0.25) is 0 Å². The molecule has 4 heteroatoms. The molecule has 2 aromatic rings. The van der Waals surface area contributed by atoms with Crippen molar-refractivity contribution in [1.82, 2.24) is 15.0 Å². The molecule has 0 spiro atoms. The molecule has 0 unspecified atom stereocenters. The van der Waals surface area contributed by atoms with Gasteiger partial charge < -0.3 is 4.98 Å². The molecule has 2 heterocycles. The molecule has 70 valence electrons. The highest BCUT2D eigenvalue weighted by molar-refractivity contribution is 5.73. The lowest BCUT2D eigenvalue weighted by molar-refractivity contribution is 0.111. The average Bonchev–Trinajstić information content (AvgIpc) is 2.67. The van der Waals surface area contributed by atoms with E-state index in [0.29, 0.717) is 11.5 Å². The van der Waals surface area contributed by atoms with Gasteiger partial charge in [0, 0.05) is 18.0 Å². The van der Waals surface area contributed by atoms with Crippen molar-refractivity contribution in [3.63, 3.8) is 0 Å². The maximum atomic E-state index is 10.4. The quantitative estimate of drug-likeness (QED) is 0.726. The van der Waals surface area contributed by atoms with Crippen LogP contribution in [0.15, 0.2) is 24.7 Å². The fraction of sp³-hybridized carbons (Fsp3) is 0.100. The minimum atomic E-state index is 0.475. The van der Waals surface area contributed by atoms with E-state index in [4.69, 9.17) is 0 Å². The van der Waals surface area contributed by atoms with Gasteiger partial charge in [-0.15, -0.1) is 0 Å². The third-order valence-electron chi connectivity index (χ3n) is 2.02. The number of aldehydes is 1. The van der Waals surface area contributed by atoms with Crippen molar-refractivity contribution in [2.75, 3.05) is 0 Å². The molecule has 1 N–H and O–H groups in total. The molecule has 2 rings (SSSR count). The van der Waals surface area contributed by atoms with E-state index in [1.807, 2.05) is 13.0 Å². The Morgan fingerprint density at radius 3 is 2.93 bits per heavy atom. The number of hydrogen-bond acceptors (Lipinski definition) is 3. The Bertz CT molecular complexity index is 462. The molecule has 2 aromatic heterocycles. The van der Waals surface area contributed by atoms with Gasteiger partial charge in [-0.05, 0) is 18.6 Å². The lowest BCUT2D eigenvalue weighted by Gasteiger charge is -1.99. The Balaban J connectivity index is 2.49. The van der Waals surface area contributed by atoms with E-state index in [2.05, 4.69) is 15.0 Å². The first-order chi connectivity index (χ1) is 6.81. The van der Waals surface area contributed by atoms with Crippen molar-refractivity contribution in [3.05, 3.63) is 35.9 Å². The van der Waals surface area contributed by atoms with E-state index in [0.717, 1.165) is 17.4 Å². The normalized spacial score (nSPS) is 10.1. The summed E-state index contributed by atoms with van der Waals surface area (Å²) in [4.78, 5) is 21.4. The molecule has 0 amide bonds. The third-order valence-corrected chi connectivity index (χ3v) is 2.02. The van der Waals surface area contributed by atoms with Crippen molar-refractivity contribution in [3.8, 4) is 11.4 Å². The highest BCUT2D eigenvalue weighted by atomic mass is 16.1. The van der Waals surface area contributed by atoms with Crippen LogP contribution in [0.3, 0.4) is 0 Å². The van der Waals surface area contributed by atoms with Crippen molar-refractivity contribution in [2.45, 2.75) is 6.92 Å². The maximum Gasteiger partial charge on any atom is 0.167 e. The number of carbonyl (C=O) groups excluding carboxylic acids is 1. The number of carbonyl (C=O) groups is 1. The van der Waals surface area contributed by atoms with E-state index in [9.17, 15) is 4.79 Å². The SMILES string of the molecule is Cc1ccncc1-c1ncc(C=O)[nH]1. The van der Waals surface area contributed by atoms with Crippen LogP contribution >= 0.6 is 0 Å². The lowest BCUT2D eigenvalue weighted by atomic mass is 10.1. The van der Waals surface area contributed by atoms with Gasteiger partial charge in [0.15, 0.2) is 6.29 Å². The summed E-state index contributed by atoms with van der Waals surface area (Å²) in [5, 5.41) is 0. The zero-order chi connectivity index (χ0) is 9.97. The van der Waals surface area contributed by atoms with Crippen molar-refractivity contribution in [2.24, 2.45) is 0 Å². The van der Waals surface area contributed by atoms with E-state index < -0.39 is 0 Å². The van der Waals surface area contributed by atoms with Crippen LogP contribution in [0.4, 0.5) is 0 Å². The van der Waals surface area contributed by atoms with E-state index in [-0.39, 0.29) is 0 Å². The zero-order valence-corrected chi connectivity index (χ0v) is 7.69. The summed E-state index contributed by atoms with van der Waals surface area (Å²) in [6.45, 7) is 1.97. The molecular weight excluding hydrogens is 178 g/mol. The largest absolute Gasteiger partial charge is 0.336 e. The Morgan fingerprint density at radius 2 is 2.29 bits per heavy atom. The molecule has 4 nitrogen and oxygen atoms in total. The van der Waals surface area contributed by atoms with Crippen molar-refractivity contribution >= 4 is 6.29 Å². The monoisotopic (exact) mass is 187 g/mol. The van der Waals surface area contributed by atoms with Crippen LogP contribution in [0.25, 0.3) is 11.4 Å². The van der Waals surface area contributed by atoms with Crippen molar-refractivity contribution in [1.29, 1.82) is 0 Å². The highest BCUT2D eigenvalue weighted by Gasteiger charge is 2.05. The van der Waals surface area contributed by atoms with Gasteiger partial charge in [0.25, 0.3) is 0 Å². The average molecular weight is 187 g/mol. The first-order valence-corrected chi connectivity index (χ1v) is 4.22. The van der Waals surface area contributed by atoms with Gasteiger partial charge in [0.05, 0.1) is 11.9 Å². The maximum absolute atomic E-state index is 10.4. The summed E-state index contributed by atoms with van der Waals surface area (Å²) >= 11 is 0. The fourth-order valence-corrected chi connectivity index (χ4v) is 1.24. The van der Waals surface area contributed by atoms with Crippen LogP contribution in [-0.4, -0.2) is 21.2 Å². The molecule has 0 aliphatic carbocycles. The Kier molecular flexibility index (Phi) is 2.10. The molecule has 0 bridgehead atoms. The minimum Gasteiger partial charge on any atom is -0.336 e. The number of rotatable bonds is 2. The van der Waals surface area contributed by atoms with Gasteiger partial charge in [-0.3, -0.25) is 9.78 Å². The minimum absolute atomic E-state index is 0.475. The number of H-pyrrole nitrogens is 1. The number of nitrogens with zero attached hydrogens (tertiary/aromatic N) is 2. The van der Waals surface area contributed by atoms with E-state index in [1.54, 1.807) is 12.4 Å². The van der Waals surface area contributed by atoms with Gasteiger partial charge in [-0.1, -0.05) is 0 Å². The summed E-state index contributed by atoms with van der Waals surface area (Å²) in [5.41, 5.74) is 2.47. The number of imidazole rings is 1. The van der Waals surface area contributed by atoms with Crippen LogP contribution < -0.4 is 0 Å². The van der Waals surface area contributed by atoms with E-state index >= 15 is 0 Å². The topological polar surface area (TPSA) is 58.6 Å². The van der Waals surface area contributed by atoms with E-state index in [1.165, 1.54) is 6.20 Å². The predicted molar refractivity (Wildman–Crippen MR) is 51.9 cm³/mol. The van der Waals surface area contributed by atoms with Crippen molar-refractivity contribution < 1.29 is 4.79 Å². The summed E-state index contributed by atoms with van der Waals surface area (Å²) in [6, 6.07) is 1.90. The molecule has 0 atom stereocenters. The van der Waals surface area contributed by atoms with Crippen LogP contribution in [0.5, 0.6) is 0 Å². The molecule has 14 heavy (non-hydrogen) atoms. The van der Waals surface area contributed by atoms with Crippen LogP contribution in [0, 0.1) is 6.92 Å². The molecule has 0 aliphatic rings. The van der Waals surface area contributed by atoms with Crippen LogP contribution in [0.1, 0.15) is 16.1 Å². The Labute approximate surface area is 81.0 Å². The zero-order valence-electron chi connectivity index (χ0n) is 7.69. The lowest BCUT2D eigenvalue weighted by Crippen LogP contribution is -1.87. The number of nitrogens with one attached hydrogen (secondary N) is 1. The summed E-state index contributed by atoms with van der Waals surface area (Å²) in [7, 11) is 0. The Morgan fingerprint density at radius 1 is 1.43 bits per heavy atom. The first-order valence-electron chi connectivity index (χ1n) is 4.22. The second-order valence-electron chi connectivity index (χ2n) is 3.00. The summed E-state index contributed by atoms with van der Waals surface area (Å²) < 4.78 is 0.